The summed E-state index contributed by atoms with van der Waals surface area (Å²) in [4.78, 5) is 15.6. The second-order valence-electron chi connectivity index (χ2n) is 4.11. The molecule has 1 aromatic heterocycles. The van der Waals surface area contributed by atoms with Crippen LogP contribution in [0.5, 0.6) is 0 Å². The summed E-state index contributed by atoms with van der Waals surface area (Å²) in [5.74, 6) is -0.989. The van der Waals surface area contributed by atoms with E-state index in [-0.39, 0.29) is 6.42 Å². The molecule has 2 rings (SSSR count). The minimum Gasteiger partial charge on any atom is -0.481 e. The van der Waals surface area contributed by atoms with E-state index in [0.717, 1.165) is 0 Å². The summed E-state index contributed by atoms with van der Waals surface area (Å²) in [6, 6.07) is 6.98. The molecule has 19 heavy (non-hydrogen) atoms. The first-order valence-corrected chi connectivity index (χ1v) is 6.35. The maximum atomic E-state index is 11.5. The summed E-state index contributed by atoms with van der Waals surface area (Å²) in [5.41, 5.74) is 0.599. The van der Waals surface area contributed by atoms with Gasteiger partial charge in [0.1, 0.15) is 12.2 Å². The lowest BCUT2D eigenvalue weighted by Crippen LogP contribution is -2.17. The summed E-state index contributed by atoms with van der Waals surface area (Å²) in [7, 11) is 0. The van der Waals surface area contributed by atoms with Crippen molar-refractivity contribution >= 4 is 17.6 Å². The van der Waals surface area contributed by atoms with Crippen LogP contribution in [0.1, 0.15) is 24.2 Å². The van der Waals surface area contributed by atoms with E-state index in [1.807, 2.05) is 6.92 Å². The van der Waals surface area contributed by atoms with Gasteiger partial charge in [-0.2, -0.15) is 5.10 Å². The molecular formula is C13H14ClN3O2. The van der Waals surface area contributed by atoms with Crippen molar-refractivity contribution in [3.63, 3.8) is 0 Å². The van der Waals surface area contributed by atoms with E-state index in [4.69, 9.17) is 11.6 Å². The number of carbonyl (C=O) groups is 1. The molecule has 5 nitrogen and oxygen atoms in total. The number of aliphatic carboxylic acids is 1. The lowest BCUT2D eigenvalue weighted by molar-refractivity contribution is -0.138. The maximum absolute atomic E-state index is 11.5. The molecule has 6 heteroatoms. The molecule has 0 fully saturated rings. The summed E-state index contributed by atoms with van der Waals surface area (Å²) in [5, 5.41) is 13.9. The first-order valence-electron chi connectivity index (χ1n) is 5.97. The first-order chi connectivity index (χ1) is 9.13. The van der Waals surface area contributed by atoms with Crippen LogP contribution >= 0.6 is 11.6 Å². The van der Waals surface area contributed by atoms with Crippen LogP contribution in [0.4, 0.5) is 0 Å². The molecule has 1 unspecified atom stereocenters. The molecule has 0 amide bonds. The quantitative estimate of drug-likeness (QED) is 0.912. The van der Waals surface area contributed by atoms with Crippen LogP contribution in [0.15, 0.2) is 30.6 Å². The highest BCUT2D eigenvalue weighted by molar-refractivity contribution is 6.31. The van der Waals surface area contributed by atoms with E-state index >= 15 is 0 Å². The molecule has 0 spiro atoms. The van der Waals surface area contributed by atoms with Gasteiger partial charge in [-0.25, -0.2) is 4.98 Å². The van der Waals surface area contributed by atoms with E-state index in [1.54, 1.807) is 28.9 Å². The fourth-order valence-electron chi connectivity index (χ4n) is 1.98. The zero-order valence-electron chi connectivity index (χ0n) is 10.5. The lowest BCUT2D eigenvalue weighted by atomic mass is 9.95. The Bertz CT molecular complexity index is 583. The number of halogens is 1. The van der Waals surface area contributed by atoms with Gasteiger partial charge in [0.2, 0.25) is 0 Å². The normalized spacial score (nSPS) is 12.3. The Labute approximate surface area is 115 Å². The van der Waals surface area contributed by atoms with Gasteiger partial charge in [-0.3, -0.25) is 9.48 Å². The molecule has 1 heterocycles. The van der Waals surface area contributed by atoms with Crippen molar-refractivity contribution in [2.75, 3.05) is 0 Å². The fraction of sp³-hybridized carbons (Fsp3) is 0.308. The standard InChI is InChI=1S/C13H14ClN3O2/c1-2-17-12(15-8-16-17)7-10(13(18)19)9-5-3-4-6-11(9)14/h3-6,8,10H,2,7H2,1H3,(H,18,19). The number of benzene rings is 1. The predicted molar refractivity (Wildman–Crippen MR) is 71.2 cm³/mol. The molecular weight excluding hydrogens is 266 g/mol. The van der Waals surface area contributed by atoms with Crippen molar-refractivity contribution in [3.05, 3.63) is 47.0 Å². The molecule has 0 saturated heterocycles. The van der Waals surface area contributed by atoms with Gasteiger partial charge in [-0.05, 0) is 18.6 Å². The van der Waals surface area contributed by atoms with Crippen molar-refractivity contribution in [1.29, 1.82) is 0 Å². The number of rotatable bonds is 5. The van der Waals surface area contributed by atoms with Crippen LogP contribution in [-0.4, -0.2) is 25.8 Å². The van der Waals surface area contributed by atoms with Crippen LogP contribution in [-0.2, 0) is 17.8 Å². The van der Waals surface area contributed by atoms with Gasteiger partial charge in [-0.15, -0.1) is 0 Å². The average molecular weight is 280 g/mol. The highest BCUT2D eigenvalue weighted by Crippen LogP contribution is 2.27. The fourth-order valence-corrected chi connectivity index (χ4v) is 2.25. The summed E-state index contributed by atoms with van der Waals surface area (Å²) in [6.07, 6.45) is 1.71. The lowest BCUT2D eigenvalue weighted by Gasteiger charge is -2.14. The number of carboxylic acids is 1. The Morgan fingerprint density at radius 3 is 2.84 bits per heavy atom. The smallest absolute Gasteiger partial charge is 0.311 e. The molecule has 0 saturated carbocycles. The third-order valence-electron chi connectivity index (χ3n) is 2.96. The minimum atomic E-state index is -0.918. The number of aryl methyl sites for hydroxylation is 1. The van der Waals surface area contributed by atoms with Crippen LogP contribution in [0.2, 0.25) is 5.02 Å². The minimum absolute atomic E-state index is 0.271. The molecule has 0 aliphatic carbocycles. The summed E-state index contributed by atoms with van der Waals surface area (Å²) in [6.45, 7) is 2.59. The topological polar surface area (TPSA) is 68.0 Å². The zero-order valence-corrected chi connectivity index (χ0v) is 11.2. The number of hydrogen-bond acceptors (Lipinski definition) is 3. The van der Waals surface area contributed by atoms with Crippen LogP contribution in [0.25, 0.3) is 0 Å². The van der Waals surface area contributed by atoms with Crippen LogP contribution in [0.3, 0.4) is 0 Å². The highest BCUT2D eigenvalue weighted by atomic mass is 35.5. The van der Waals surface area contributed by atoms with Gasteiger partial charge >= 0.3 is 5.97 Å². The van der Waals surface area contributed by atoms with Crippen molar-refractivity contribution < 1.29 is 9.90 Å². The number of aromatic nitrogens is 3. The molecule has 1 aromatic carbocycles. The van der Waals surface area contributed by atoms with Crippen LogP contribution in [0, 0.1) is 0 Å². The Morgan fingerprint density at radius 2 is 2.21 bits per heavy atom. The molecule has 0 radical (unpaired) electrons. The van der Waals surface area contributed by atoms with Gasteiger partial charge in [0.05, 0.1) is 5.92 Å². The Balaban J connectivity index is 2.32. The third kappa shape index (κ3) is 2.93. The van der Waals surface area contributed by atoms with Crippen molar-refractivity contribution in [1.82, 2.24) is 14.8 Å². The molecule has 0 bridgehead atoms. The number of carboxylic acid groups (broad SMARTS) is 1. The monoisotopic (exact) mass is 279 g/mol. The Kier molecular flexibility index (Phi) is 4.16. The SMILES string of the molecule is CCn1ncnc1CC(C(=O)O)c1ccccc1Cl. The third-order valence-corrected chi connectivity index (χ3v) is 3.30. The van der Waals surface area contributed by atoms with Crippen molar-refractivity contribution in [2.45, 2.75) is 25.8 Å². The van der Waals surface area contributed by atoms with Gasteiger partial charge < -0.3 is 5.11 Å². The second-order valence-corrected chi connectivity index (χ2v) is 4.52. The molecule has 1 N–H and O–H groups in total. The largest absolute Gasteiger partial charge is 0.481 e. The van der Waals surface area contributed by atoms with Gasteiger partial charge in [-0.1, -0.05) is 29.8 Å². The first kappa shape index (κ1) is 13.5. The molecule has 0 aliphatic heterocycles. The predicted octanol–water partition coefficient (Wildman–Crippen LogP) is 2.36. The highest BCUT2D eigenvalue weighted by Gasteiger charge is 2.24. The Morgan fingerprint density at radius 1 is 1.47 bits per heavy atom. The summed E-state index contributed by atoms with van der Waals surface area (Å²) < 4.78 is 1.69. The van der Waals surface area contributed by atoms with E-state index in [9.17, 15) is 9.90 Å². The van der Waals surface area contributed by atoms with Gasteiger partial charge in [0.15, 0.2) is 0 Å². The summed E-state index contributed by atoms with van der Waals surface area (Å²) >= 11 is 6.07. The van der Waals surface area contributed by atoms with Crippen molar-refractivity contribution in [3.8, 4) is 0 Å². The average Bonchev–Trinajstić information content (AvgIpc) is 2.84. The van der Waals surface area contributed by atoms with Gasteiger partial charge in [0.25, 0.3) is 0 Å². The van der Waals surface area contributed by atoms with E-state index in [0.29, 0.717) is 23.0 Å². The molecule has 2 aromatic rings. The zero-order chi connectivity index (χ0) is 13.8. The Hall–Kier alpha value is -1.88. The second kappa shape index (κ2) is 5.84. The maximum Gasteiger partial charge on any atom is 0.311 e. The van der Waals surface area contributed by atoms with Crippen LogP contribution < -0.4 is 0 Å². The molecule has 100 valence electrons. The molecule has 1 atom stereocenters. The van der Waals surface area contributed by atoms with E-state index in [2.05, 4.69) is 10.1 Å². The number of hydrogen-bond donors (Lipinski definition) is 1. The van der Waals surface area contributed by atoms with E-state index < -0.39 is 11.9 Å². The van der Waals surface area contributed by atoms with E-state index in [1.165, 1.54) is 6.33 Å². The van der Waals surface area contributed by atoms with Crippen molar-refractivity contribution in [2.24, 2.45) is 0 Å². The molecule has 0 aliphatic rings. The van der Waals surface area contributed by atoms with Gasteiger partial charge in [0, 0.05) is 18.0 Å². The number of nitrogens with zero attached hydrogens (tertiary/aromatic N) is 3.